The Morgan fingerprint density at radius 2 is 1.77 bits per heavy atom. The fourth-order valence-corrected chi connectivity index (χ4v) is 4.82. The second-order valence-corrected chi connectivity index (χ2v) is 11.4. The Balaban J connectivity index is 0.00000441. The number of carbonyl (C=O) groups excluding carboxylic acids is 1. The lowest BCUT2D eigenvalue weighted by atomic mass is 9.99. The lowest BCUT2D eigenvalue weighted by molar-refractivity contribution is -0.137. The van der Waals surface area contributed by atoms with Crippen molar-refractivity contribution in [1.29, 1.82) is 0 Å². The Morgan fingerprint density at radius 1 is 1.10 bits per heavy atom. The Morgan fingerprint density at radius 3 is 2.38 bits per heavy atom. The Bertz CT molecular complexity index is 1770. The summed E-state index contributed by atoms with van der Waals surface area (Å²) in [6.45, 7) is 3.13. The van der Waals surface area contributed by atoms with Crippen LogP contribution in [0, 0.1) is 18.6 Å². The summed E-state index contributed by atoms with van der Waals surface area (Å²) in [6, 6.07) is 7.03. The van der Waals surface area contributed by atoms with E-state index in [0.717, 1.165) is 34.9 Å². The van der Waals surface area contributed by atoms with Crippen LogP contribution in [0.5, 0.6) is 0 Å². The first-order valence-corrected chi connectivity index (χ1v) is 13.1. The molecular weight excluding hydrogens is 557 g/mol. The number of alkyl halides is 3. The summed E-state index contributed by atoms with van der Waals surface area (Å²) >= 11 is 0. The standard InChI is InChI=1S/C26H22F5N3O4S.CH4/c1-13(2)39(37,38)33-25(36)23-22(17-5-4-8-32-24(17)35)18-9-14(3)19(26(29,30)31)11-21(18)34(23)12-15-10-16(27)6-7-20(15)28;/h4-11,13H,12H2,1-3H3,(H,32,35)(H,33,36);1H4. The number of fused-ring (bicyclic) bond motifs is 1. The van der Waals surface area contributed by atoms with E-state index in [0.29, 0.717) is 0 Å². The van der Waals surface area contributed by atoms with Gasteiger partial charge in [-0.15, -0.1) is 0 Å². The van der Waals surface area contributed by atoms with Gasteiger partial charge in [0.05, 0.1) is 22.9 Å². The molecular formula is C27H26F5N3O4S. The molecule has 0 saturated carbocycles. The fraction of sp³-hybridized carbons (Fsp3) is 0.259. The van der Waals surface area contributed by atoms with Crippen molar-refractivity contribution in [3.63, 3.8) is 0 Å². The SMILES string of the molecule is C.Cc1cc2c(-c3ccc[nH]c3=O)c(C(=O)NS(=O)(=O)C(C)C)n(Cc3cc(F)ccc3F)c2cc1C(F)(F)F. The van der Waals surface area contributed by atoms with E-state index < -0.39 is 62.4 Å². The molecule has 7 nitrogen and oxygen atoms in total. The van der Waals surface area contributed by atoms with Gasteiger partial charge in [-0.1, -0.05) is 7.43 Å². The predicted molar refractivity (Wildman–Crippen MR) is 141 cm³/mol. The smallest absolute Gasteiger partial charge is 0.331 e. The molecule has 0 fully saturated rings. The van der Waals surface area contributed by atoms with Crippen molar-refractivity contribution < 1.29 is 35.2 Å². The molecule has 2 aromatic carbocycles. The van der Waals surface area contributed by atoms with Gasteiger partial charge in [-0.3, -0.25) is 9.59 Å². The van der Waals surface area contributed by atoms with Gasteiger partial charge < -0.3 is 9.55 Å². The Labute approximate surface area is 226 Å². The molecule has 214 valence electrons. The number of sulfonamides is 1. The van der Waals surface area contributed by atoms with Gasteiger partial charge in [-0.05, 0) is 68.8 Å². The van der Waals surface area contributed by atoms with Gasteiger partial charge in [-0.2, -0.15) is 13.2 Å². The first-order valence-electron chi connectivity index (χ1n) is 11.5. The van der Waals surface area contributed by atoms with Crippen LogP contribution in [-0.4, -0.2) is 29.1 Å². The molecule has 40 heavy (non-hydrogen) atoms. The van der Waals surface area contributed by atoms with Gasteiger partial charge in [0.25, 0.3) is 11.5 Å². The molecule has 2 aromatic heterocycles. The van der Waals surface area contributed by atoms with Gasteiger partial charge in [0, 0.05) is 28.3 Å². The summed E-state index contributed by atoms with van der Waals surface area (Å²) < 4.78 is 98.3. The second kappa shape index (κ2) is 10.9. The number of carbonyl (C=O) groups is 1. The fourth-order valence-electron chi connectivity index (χ4n) is 4.23. The zero-order valence-electron chi connectivity index (χ0n) is 20.8. The molecule has 0 aliphatic heterocycles. The van der Waals surface area contributed by atoms with Gasteiger partial charge in [-0.25, -0.2) is 21.9 Å². The topological polar surface area (TPSA) is 101 Å². The van der Waals surface area contributed by atoms with Gasteiger partial charge in [0.15, 0.2) is 0 Å². The second-order valence-electron chi connectivity index (χ2n) is 9.17. The predicted octanol–water partition coefficient (Wildman–Crippen LogP) is 5.75. The monoisotopic (exact) mass is 583 g/mol. The van der Waals surface area contributed by atoms with E-state index >= 15 is 0 Å². The van der Waals surface area contributed by atoms with Crippen LogP contribution in [0.4, 0.5) is 22.0 Å². The van der Waals surface area contributed by atoms with Crippen molar-refractivity contribution in [2.45, 2.75) is 46.2 Å². The maximum atomic E-state index is 14.7. The lowest BCUT2D eigenvalue weighted by Gasteiger charge is -2.15. The van der Waals surface area contributed by atoms with E-state index in [-0.39, 0.29) is 40.6 Å². The molecule has 1 amide bonds. The molecule has 0 bridgehead atoms. The summed E-state index contributed by atoms with van der Waals surface area (Å²) in [5, 5.41) is -1.07. The number of benzene rings is 2. The molecule has 0 unspecified atom stereocenters. The maximum absolute atomic E-state index is 14.7. The highest BCUT2D eigenvalue weighted by Gasteiger charge is 2.35. The van der Waals surface area contributed by atoms with Crippen molar-refractivity contribution >= 4 is 26.8 Å². The summed E-state index contributed by atoms with van der Waals surface area (Å²) in [5.41, 5.74) is -3.43. The van der Waals surface area contributed by atoms with E-state index in [2.05, 4.69) is 4.98 Å². The number of halogens is 5. The zero-order valence-corrected chi connectivity index (χ0v) is 21.6. The van der Waals surface area contributed by atoms with Gasteiger partial charge in [0.2, 0.25) is 10.0 Å². The normalized spacial score (nSPS) is 12.0. The Hall–Kier alpha value is -4.00. The number of hydrogen-bond acceptors (Lipinski definition) is 4. The highest BCUT2D eigenvalue weighted by Crippen LogP contribution is 2.40. The van der Waals surface area contributed by atoms with E-state index in [1.165, 1.54) is 39.1 Å². The highest BCUT2D eigenvalue weighted by molar-refractivity contribution is 7.90. The van der Waals surface area contributed by atoms with Crippen LogP contribution in [0.3, 0.4) is 0 Å². The number of pyridine rings is 1. The number of amides is 1. The number of aryl methyl sites for hydroxylation is 1. The number of aromatic nitrogens is 2. The van der Waals surface area contributed by atoms with Crippen LogP contribution in [-0.2, 0) is 22.7 Å². The quantitative estimate of drug-likeness (QED) is 0.282. The van der Waals surface area contributed by atoms with E-state index in [4.69, 9.17) is 0 Å². The van der Waals surface area contributed by atoms with Crippen molar-refractivity contribution in [2.75, 3.05) is 0 Å². The molecule has 0 aliphatic carbocycles. The molecule has 2 heterocycles. The third-order valence-corrected chi connectivity index (χ3v) is 7.92. The van der Waals surface area contributed by atoms with Gasteiger partial charge in [0.1, 0.15) is 17.3 Å². The molecule has 0 saturated heterocycles. The molecule has 0 radical (unpaired) electrons. The first kappa shape index (κ1) is 30.5. The van der Waals surface area contributed by atoms with Gasteiger partial charge >= 0.3 is 6.18 Å². The number of rotatable bonds is 6. The van der Waals surface area contributed by atoms with E-state index in [1.54, 1.807) is 0 Å². The van der Waals surface area contributed by atoms with E-state index in [1.807, 2.05) is 4.72 Å². The molecule has 13 heteroatoms. The maximum Gasteiger partial charge on any atom is 0.416 e. The van der Waals surface area contributed by atoms with Crippen LogP contribution in [0.15, 0.2) is 53.5 Å². The highest BCUT2D eigenvalue weighted by atomic mass is 32.2. The molecule has 2 N–H and O–H groups in total. The largest absolute Gasteiger partial charge is 0.416 e. The number of H-pyrrole nitrogens is 1. The van der Waals surface area contributed by atoms with Crippen LogP contribution < -0.4 is 10.3 Å². The van der Waals surface area contributed by atoms with Crippen LogP contribution >= 0.6 is 0 Å². The zero-order chi connectivity index (χ0) is 28.9. The molecule has 0 aliphatic rings. The summed E-state index contributed by atoms with van der Waals surface area (Å²) in [4.78, 5) is 28.8. The average Bonchev–Trinajstić information content (AvgIpc) is 3.13. The molecule has 4 aromatic rings. The lowest BCUT2D eigenvalue weighted by Crippen LogP contribution is -2.37. The number of nitrogens with one attached hydrogen (secondary N) is 2. The number of nitrogens with zero attached hydrogens (tertiary/aromatic N) is 1. The minimum Gasteiger partial charge on any atom is -0.331 e. The summed E-state index contributed by atoms with van der Waals surface area (Å²) in [5.74, 6) is -3.02. The first-order chi connectivity index (χ1) is 18.1. The summed E-state index contributed by atoms with van der Waals surface area (Å²) in [6.07, 6.45) is -3.52. The molecule has 0 spiro atoms. The Kier molecular flexibility index (Phi) is 8.30. The third-order valence-electron chi connectivity index (χ3n) is 6.21. The average molecular weight is 584 g/mol. The van der Waals surface area contributed by atoms with Crippen molar-refractivity contribution in [3.05, 3.63) is 93.0 Å². The van der Waals surface area contributed by atoms with Crippen molar-refractivity contribution in [1.82, 2.24) is 14.3 Å². The van der Waals surface area contributed by atoms with Crippen molar-refractivity contribution in [3.8, 4) is 11.1 Å². The minimum atomic E-state index is -4.81. The van der Waals surface area contributed by atoms with Crippen LogP contribution in [0.1, 0.15) is 48.5 Å². The third kappa shape index (κ3) is 5.64. The van der Waals surface area contributed by atoms with Crippen LogP contribution in [0.25, 0.3) is 22.0 Å². The minimum absolute atomic E-state index is 0. The number of hydrogen-bond donors (Lipinski definition) is 2. The summed E-state index contributed by atoms with van der Waals surface area (Å²) in [7, 11) is -4.25. The number of aromatic amines is 1. The molecule has 4 rings (SSSR count). The van der Waals surface area contributed by atoms with Crippen LogP contribution in [0.2, 0.25) is 0 Å². The van der Waals surface area contributed by atoms with Crippen molar-refractivity contribution in [2.24, 2.45) is 0 Å². The molecule has 0 atom stereocenters. The van der Waals surface area contributed by atoms with E-state index in [9.17, 15) is 40.0 Å².